The smallest absolute Gasteiger partial charge is 0.244 e. The number of rotatable bonds is 4. The Bertz CT molecular complexity index is 876. The van der Waals surface area contributed by atoms with Gasteiger partial charge in [-0.05, 0) is 44.5 Å². The first-order valence-electron chi connectivity index (χ1n) is 8.36. The molecule has 0 spiro atoms. The Kier molecular flexibility index (Phi) is 6.26. The molecule has 2 aromatic rings. The van der Waals surface area contributed by atoms with Crippen LogP contribution in [0.1, 0.15) is 22.7 Å². The highest BCUT2D eigenvalue weighted by molar-refractivity contribution is 7.89. The highest BCUT2D eigenvalue weighted by Gasteiger charge is 2.30. The van der Waals surface area contributed by atoms with Crippen molar-refractivity contribution in [1.82, 2.24) is 14.2 Å². The van der Waals surface area contributed by atoms with Gasteiger partial charge in [0.1, 0.15) is 4.90 Å². The van der Waals surface area contributed by atoms with E-state index in [-0.39, 0.29) is 9.92 Å². The van der Waals surface area contributed by atoms with Crippen LogP contribution in [0.2, 0.25) is 10.0 Å². The van der Waals surface area contributed by atoms with Gasteiger partial charge in [-0.1, -0.05) is 23.2 Å². The van der Waals surface area contributed by atoms with Gasteiger partial charge in [-0.2, -0.15) is 4.31 Å². The summed E-state index contributed by atoms with van der Waals surface area (Å²) in [6, 6.07) is 3.12. The molecule has 5 nitrogen and oxygen atoms in total. The summed E-state index contributed by atoms with van der Waals surface area (Å²) in [4.78, 5) is 6.91. The van der Waals surface area contributed by atoms with Crippen LogP contribution in [-0.4, -0.2) is 48.8 Å². The predicted octanol–water partition coefficient (Wildman–Crippen LogP) is 3.96. The molecule has 0 N–H and O–H groups in total. The first kappa shape index (κ1) is 20.0. The van der Waals surface area contributed by atoms with Crippen LogP contribution >= 0.6 is 34.5 Å². The van der Waals surface area contributed by atoms with Crippen LogP contribution in [0.4, 0.5) is 0 Å². The number of aryl methyl sites for hydroxylation is 2. The van der Waals surface area contributed by atoms with Gasteiger partial charge < -0.3 is 0 Å². The fourth-order valence-electron chi connectivity index (χ4n) is 3.20. The number of hydrogen-bond donors (Lipinski definition) is 0. The van der Waals surface area contributed by atoms with Crippen LogP contribution in [0.5, 0.6) is 0 Å². The molecule has 1 fully saturated rings. The van der Waals surface area contributed by atoms with Gasteiger partial charge in [-0.3, -0.25) is 4.90 Å². The SMILES string of the molecule is Cc1nc(CN2CCCN(S(=O)(=O)c3c(C)cc(Cl)cc3Cl)CC2)cs1. The lowest BCUT2D eigenvalue weighted by Gasteiger charge is -2.22. The summed E-state index contributed by atoms with van der Waals surface area (Å²) in [6.45, 7) is 6.88. The van der Waals surface area contributed by atoms with Crippen molar-refractivity contribution in [3.63, 3.8) is 0 Å². The van der Waals surface area contributed by atoms with Crippen molar-refractivity contribution in [2.24, 2.45) is 0 Å². The number of thiazole rings is 1. The average molecular weight is 434 g/mol. The van der Waals surface area contributed by atoms with Crippen molar-refractivity contribution >= 4 is 44.6 Å². The summed E-state index contributed by atoms with van der Waals surface area (Å²) < 4.78 is 27.8. The molecule has 1 aromatic carbocycles. The fourth-order valence-corrected chi connectivity index (χ4v) is 6.41. The van der Waals surface area contributed by atoms with E-state index in [1.54, 1.807) is 24.3 Å². The van der Waals surface area contributed by atoms with Crippen molar-refractivity contribution in [3.8, 4) is 0 Å². The Morgan fingerprint density at radius 2 is 1.92 bits per heavy atom. The van der Waals surface area contributed by atoms with E-state index in [1.165, 1.54) is 10.4 Å². The maximum absolute atomic E-state index is 13.1. The zero-order valence-electron chi connectivity index (χ0n) is 14.7. The van der Waals surface area contributed by atoms with E-state index in [0.29, 0.717) is 30.2 Å². The summed E-state index contributed by atoms with van der Waals surface area (Å²) in [7, 11) is -3.65. The Morgan fingerprint density at radius 1 is 1.15 bits per heavy atom. The third-order valence-electron chi connectivity index (χ3n) is 4.39. The molecule has 0 unspecified atom stereocenters. The third kappa shape index (κ3) is 4.40. The molecule has 2 heterocycles. The fraction of sp³-hybridized carbons (Fsp3) is 0.471. The van der Waals surface area contributed by atoms with Crippen LogP contribution in [-0.2, 0) is 16.6 Å². The van der Waals surface area contributed by atoms with Gasteiger partial charge >= 0.3 is 0 Å². The number of benzene rings is 1. The van der Waals surface area contributed by atoms with Gasteiger partial charge in [-0.15, -0.1) is 11.3 Å². The monoisotopic (exact) mass is 433 g/mol. The normalized spacial score (nSPS) is 17.4. The highest BCUT2D eigenvalue weighted by Crippen LogP contribution is 2.31. The molecule has 1 saturated heterocycles. The topological polar surface area (TPSA) is 53.5 Å². The lowest BCUT2D eigenvalue weighted by molar-refractivity contribution is 0.276. The largest absolute Gasteiger partial charge is 0.296 e. The third-order valence-corrected chi connectivity index (χ3v) is 7.95. The molecule has 142 valence electrons. The van der Waals surface area contributed by atoms with E-state index in [2.05, 4.69) is 15.3 Å². The second-order valence-corrected chi connectivity index (χ2v) is 10.2. The highest BCUT2D eigenvalue weighted by atomic mass is 35.5. The van der Waals surface area contributed by atoms with Crippen LogP contribution in [0.3, 0.4) is 0 Å². The molecule has 3 rings (SSSR count). The molecule has 1 aliphatic rings. The number of aromatic nitrogens is 1. The molecule has 9 heteroatoms. The van der Waals surface area contributed by atoms with E-state index in [4.69, 9.17) is 23.2 Å². The van der Waals surface area contributed by atoms with Gasteiger partial charge in [0.25, 0.3) is 0 Å². The van der Waals surface area contributed by atoms with E-state index >= 15 is 0 Å². The van der Waals surface area contributed by atoms with Crippen LogP contribution < -0.4 is 0 Å². The number of hydrogen-bond acceptors (Lipinski definition) is 5. The van der Waals surface area contributed by atoms with E-state index in [0.717, 1.165) is 30.2 Å². The maximum Gasteiger partial charge on any atom is 0.244 e. The Morgan fingerprint density at radius 3 is 2.58 bits per heavy atom. The summed E-state index contributed by atoms with van der Waals surface area (Å²) in [5.41, 5.74) is 1.61. The van der Waals surface area contributed by atoms with Crippen molar-refractivity contribution < 1.29 is 8.42 Å². The van der Waals surface area contributed by atoms with Crippen molar-refractivity contribution in [3.05, 3.63) is 43.8 Å². The molecule has 0 radical (unpaired) electrons. The van der Waals surface area contributed by atoms with Crippen LogP contribution in [0, 0.1) is 13.8 Å². The van der Waals surface area contributed by atoms with Gasteiger partial charge in [0.05, 0.1) is 15.7 Å². The van der Waals surface area contributed by atoms with Crippen molar-refractivity contribution in [1.29, 1.82) is 0 Å². The maximum atomic E-state index is 13.1. The molecule has 0 atom stereocenters. The summed E-state index contributed by atoms with van der Waals surface area (Å²) >= 11 is 13.8. The summed E-state index contributed by atoms with van der Waals surface area (Å²) in [6.07, 6.45) is 0.770. The molecule has 26 heavy (non-hydrogen) atoms. The molecule has 0 aliphatic carbocycles. The minimum absolute atomic E-state index is 0.159. The average Bonchev–Trinajstić information content (AvgIpc) is 2.79. The Balaban J connectivity index is 1.76. The minimum atomic E-state index is -3.65. The molecule has 1 aliphatic heterocycles. The molecular weight excluding hydrogens is 413 g/mol. The number of nitrogens with zero attached hydrogens (tertiary/aromatic N) is 3. The van der Waals surface area contributed by atoms with Gasteiger partial charge in [0.15, 0.2) is 0 Å². The predicted molar refractivity (Wildman–Crippen MR) is 107 cm³/mol. The number of halogens is 2. The molecule has 1 aromatic heterocycles. The zero-order chi connectivity index (χ0) is 18.9. The van der Waals surface area contributed by atoms with Gasteiger partial charge in [0.2, 0.25) is 10.0 Å². The molecular formula is C17H21Cl2N3O2S2. The Labute approximate surface area is 168 Å². The van der Waals surface area contributed by atoms with Crippen LogP contribution in [0.25, 0.3) is 0 Å². The Hall–Kier alpha value is -0.700. The molecule has 0 saturated carbocycles. The molecule has 0 bridgehead atoms. The lowest BCUT2D eigenvalue weighted by atomic mass is 10.2. The van der Waals surface area contributed by atoms with Gasteiger partial charge in [-0.25, -0.2) is 13.4 Å². The van der Waals surface area contributed by atoms with E-state index < -0.39 is 10.0 Å². The summed E-state index contributed by atoms with van der Waals surface area (Å²) in [5, 5.41) is 3.72. The number of sulfonamides is 1. The van der Waals surface area contributed by atoms with E-state index in [9.17, 15) is 8.42 Å². The molecule has 0 amide bonds. The van der Waals surface area contributed by atoms with Crippen molar-refractivity contribution in [2.45, 2.75) is 31.7 Å². The second kappa shape index (κ2) is 8.12. The first-order chi connectivity index (χ1) is 12.3. The lowest BCUT2D eigenvalue weighted by Crippen LogP contribution is -2.35. The van der Waals surface area contributed by atoms with Crippen LogP contribution in [0.15, 0.2) is 22.4 Å². The second-order valence-electron chi connectivity index (χ2n) is 6.43. The van der Waals surface area contributed by atoms with Crippen molar-refractivity contribution in [2.75, 3.05) is 26.2 Å². The van der Waals surface area contributed by atoms with E-state index in [1.807, 2.05) is 6.92 Å². The quantitative estimate of drug-likeness (QED) is 0.731. The van der Waals surface area contributed by atoms with Gasteiger partial charge in [0, 0.05) is 36.6 Å². The standard InChI is InChI=1S/C17H21Cl2N3O2S2/c1-12-8-14(18)9-16(19)17(12)26(23,24)22-5-3-4-21(6-7-22)10-15-11-25-13(2)20-15/h8-9,11H,3-7,10H2,1-2H3. The zero-order valence-corrected chi connectivity index (χ0v) is 17.9. The first-order valence-corrected chi connectivity index (χ1v) is 11.4. The summed E-state index contributed by atoms with van der Waals surface area (Å²) in [5.74, 6) is 0. The minimum Gasteiger partial charge on any atom is -0.296 e.